The summed E-state index contributed by atoms with van der Waals surface area (Å²) < 4.78 is 10.1. The third-order valence-electron chi connectivity index (χ3n) is 2.69. The van der Waals surface area contributed by atoms with Crippen molar-refractivity contribution in [1.82, 2.24) is 0 Å². The van der Waals surface area contributed by atoms with Crippen LogP contribution in [-0.2, 0) is 14.3 Å². The molecule has 5 heteroatoms. The zero-order chi connectivity index (χ0) is 11.8. The fourth-order valence-corrected chi connectivity index (χ4v) is 2.72. The van der Waals surface area contributed by atoms with E-state index < -0.39 is 6.04 Å². The molecular weight excluding hydrogens is 226 g/mol. The van der Waals surface area contributed by atoms with E-state index in [4.69, 9.17) is 10.5 Å². The van der Waals surface area contributed by atoms with E-state index >= 15 is 0 Å². The lowest BCUT2D eigenvalue weighted by atomic mass is 10.2. The number of carbonyl (C=O) groups excluding carboxylic acids is 1. The van der Waals surface area contributed by atoms with Gasteiger partial charge in [0.1, 0.15) is 6.04 Å². The lowest BCUT2D eigenvalue weighted by molar-refractivity contribution is -0.142. The first-order valence-electron chi connectivity index (χ1n) is 5.76. The van der Waals surface area contributed by atoms with E-state index in [1.54, 1.807) is 0 Å². The van der Waals surface area contributed by atoms with Crippen LogP contribution in [0.4, 0.5) is 0 Å². The molecular formula is C11H21NO3S. The van der Waals surface area contributed by atoms with Gasteiger partial charge in [0, 0.05) is 6.61 Å². The second kappa shape index (κ2) is 7.92. The van der Waals surface area contributed by atoms with Crippen LogP contribution in [-0.4, -0.2) is 43.3 Å². The number of rotatable bonds is 7. The molecule has 2 atom stereocenters. The SMILES string of the molecule is COC(=O)C(N)CCSCCC1CCCO1. The standard InChI is InChI=1S/C11H21NO3S/c1-14-11(13)10(12)5-8-16-7-4-9-3-2-6-15-9/h9-10H,2-8,12H2,1H3. The van der Waals surface area contributed by atoms with Gasteiger partial charge in [-0.15, -0.1) is 0 Å². The molecule has 0 aliphatic carbocycles. The van der Waals surface area contributed by atoms with Crippen LogP contribution in [0.25, 0.3) is 0 Å². The highest BCUT2D eigenvalue weighted by atomic mass is 32.2. The first kappa shape index (κ1) is 13.8. The fourth-order valence-electron chi connectivity index (χ4n) is 1.67. The molecule has 94 valence electrons. The quantitative estimate of drug-likeness (QED) is 0.540. The Morgan fingerprint density at radius 2 is 2.44 bits per heavy atom. The summed E-state index contributed by atoms with van der Waals surface area (Å²) in [5, 5.41) is 0. The molecule has 0 amide bonds. The predicted molar refractivity (Wildman–Crippen MR) is 65.5 cm³/mol. The second-order valence-corrected chi connectivity index (χ2v) is 5.18. The molecule has 0 spiro atoms. The summed E-state index contributed by atoms with van der Waals surface area (Å²) in [5.74, 6) is 1.67. The van der Waals surface area contributed by atoms with Gasteiger partial charge in [-0.2, -0.15) is 11.8 Å². The molecule has 2 unspecified atom stereocenters. The van der Waals surface area contributed by atoms with Gasteiger partial charge in [0.2, 0.25) is 0 Å². The van der Waals surface area contributed by atoms with Gasteiger partial charge in [-0.1, -0.05) is 0 Å². The van der Waals surface area contributed by atoms with Crippen LogP contribution in [0.3, 0.4) is 0 Å². The van der Waals surface area contributed by atoms with Crippen molar-refractivity contribution in [2.45, 2.75) is 37.8 Å². The van der Waals surface area contributed by atoms with Crippen molar-refractivity contribution in [3.8, 4) is 0 Å². The third-order valence-corrected chi connectivity index (χ3v) is 3.73. The zero-order valence-corrected chi connectivity index (χ0v) is 10.6. The Morgan fingerprint density at radius 3 is 3.06 bits per heavy atom. The van der Waals surface area contributed by atoms with Crippen LogP contribution in [0.2, 0.25) is 0 Å². The van der Waals surface area contributed by atoms with E-state index in [0.29, 0.717) is 12.5 Å². The average Bonchev–Trinajstić information content (AvgIpc) is 2.80. The molecule has 0 radical (unpaired) electrons. The van der Waals surface area contributed by atoms with Crippen LogP contribution in [0, 0.1) is 0 Å². The zero-order valence-electron chi connectivity index (χ0n) is 9.81. The number of hydrogen-bond donors (Lipinski definition) is 1. The van der Waals surface area contributed by atoms with E-state index in [1.807, 2.05) is 11.8 Å². The highest BCUT2D eigenvalue weighted by molar-refractivity contribution is 7.99. The summed E-state index contributed by atoms with van der Waals surface area (Å²) in [6.07, 6.45) is 4.65. The Hall–Kier alpha value is -0.260. The lowest BCUT2D eigenvalue weighted by Gasteiger charge is -2.10. The maximum absolute atomic E-state index is 11.0. The molecule has 1 aliphatic heterocycles. The predicted octanol–water partition coefficient (Wildman–Crippen LogP) is 1.18. The third kappa shape index (κ3) is 5.18. The van der Waals surface area contributed by atoms with Crippen LogP contribution in [0.15, 0.2) is 0 Å². The number of carbonyl (C=O) groups is 1. The number of hydrogen-bond acceptors (Lipinski definition) is 5. The van der Waals surface area contributed by atoms with Crippen molar-refractivity contribution in [2.75, 3.05) is 25.2 Å². The number of methoxy groups -OCH3 is 1. The highest BCUT2D eigenvalue weighted by Gasteiger charge is 2.15. The Bertz CT molecular complexity index is 207. The molecule has 0 aromatic heterocycles. The largest absolute Gasteiger partial charge is 0.468 e. The van der Waals surface area contributed by atoms with E-state index in [2.05, 4.69) is 4.74 Å². The van der Waals surface area contributed by atoms with E-state index in [1.165, 1.54) is 20.0 Å². The molecule has 0 bridgehead atoms. The Kier molecular flexibility index (Phi) is 6.84. The van der Waals surface area contributed by atoms with Gasteiger partial charge in [-0.3, -0.25) is 4.79 Å². The first-order valence-corrected chi connectivity index (χ1v) is 6.92. The molecule has 4 nitrogen and oxygen atoms in total. The molecule has 0 saturated carbocycles. The van der Waals surface area contributed by atoms with Gasteiger partial charge in [0.15, 0.2) is 0 Å². The van der Waals surface area contributed by atoms with Crippen LogP contribution in [0.5, 0.6) is 0 Å². The molecule has 1 heterocycles. The molecule has 1 fully saturated rings. The van der Waals surface area contributed by atoms with E-state index in [0.717, 1.165) is 24.5 Å². The molecule has 1 aliphatic rings. The minimum atomic E-state index is -0.472. The number of thioether (sulfide) groups is 1. The minimum absolute atomic E-state index is 0.320. The van der Waals surface area contributed by atoms with Crippen LogP contribution < -0.4 is 5.73 Å². The van der Waals surface area contributed by atoms with Crippen molar-refractivity contribution in [3.05, 3.63) is 0 Å². The Labute approximate surface area is 101 Å². The molecule has 1 saturated heterocycles. The molecule has 0 aromatic carbocycles. The maximum atomic E-state index is 11.0. The molecule has 0 aromatic rings. The van der Waals surface area contributed by atoms with Crippen molar-refractivity contribution in [2.24, 2.45) is 5.73 Å². The van der Waals surface area contributed by atoms with Gasteiger partial charge < -0.3 is 15.2 Å². The number of nitrogens with two attached hydrogens (primary N) is 1. The van der Waals surface area contributed by atoms with Crippen molar-refractivity contribution in [1.29, 1.82) is 0 Å². The van der Waals surface area contributed by atoms with Gasteiger partial charge in [0.05, 0.1) is 13.2 Å². The Balaban J connectivity index is 1.92. The highest BCUT2D eigenvalue weighted by Crippen LogP contribution is 2.18. The first-order chi connectivity index (χ1) is 7.74. The van der Waals surface area contributed by atoms with Crippen molar-refractivity contribution >= 4 is 17.7 Å². The minimum Gasteiger partial charge on any atom is -0.468 e. The van der Waals surface area contributed by atoms with Gasteiger partial charge in [-0.25, -0.2) is 0 Å². The van der Waals surface area contributed by atoms with E-state index in [-0.39, 0.29) is 5.97 Å². The Morgan fingerprint density at radius 1 is 1.62 bits per heavy atom. The summed E-state index contributed by atoms with van der Waals surface area (Å²) in [6, 6.07) is -0.472. The van der Waals surface area contributed by atoms with Crippen LogP contribution in [0.1, 0.15) is 25.7 Å². The second-order valence-electron chi connectivity index (χ2n) is 3.95. The summed E-state index contributed by atoms with van der Waals surface area (Å²) in [6.45, 7) is 0.919. The normalized spacial score (nSPS) is 22.0. The molecule has 1 rings (SSSR count). The maximum Gasteiger partial charge on any atom is 0.322 e. The monoisotopic (exact) mass is 247 g/mol. The fraction of sp³-hybridized carbons (Fsp3) is 0.909. The van der Waals surface area contributed by atoms with Gasteiger partial charge in [0.25, 0.3) is 0 Å². The number of ether oxygens (including phenoxy) is 2. The lowest BCUT2D eigenvalue weighted by Crippen LogP contribution is -2.32. The van der Waals surface area contributed by atoms with Gasteiger partial charge >= 0.3 is 5.97 Å². The van der Waals surface area contributed by atoms with Crippen molar-refractivity contribution < 1.29 is 14.3 Å². The summed E-state index contributed by atoms with van der Waals surface area (Å²) in [4.78, 5) is 11.0. The molecule has 2 N–H and O–H groups in total. The number of esters is 1. The smallest absolute Gasteiger partial charge is 0.322 e. The average molecular weight is 247 g/mol. The molecule has 16 heavy (non-hydrogen) atoms. The summed E-state index contributed by atoms with van der Waals surface area (Å²) in [5.41, 5.74) is 5.62. The van der Waals surface area contributed by atoms with E-state index in [9.17, 15) is 4.79 Å². The summed E-state index contributed by atoms with van der Waals surface area (Å²) >= 11 is 1.83. The topological polar surface area (TPSA) is 61.5 Å². The van der Waals surface area contributed by atoms with Crippen LogP contribution >= 0.6 is 11.8 Å². The van der Waals surface area contributed by atoms with Gasteiger partial charge in [-0.05, 0) is 37.2 Å². The summed E-state index contributed by atoms with van der Waals surface area (Å²) in [7, 11) is 1.37. The van der Waals surface area contributed by atoms with Crippen molar-refractivity contribution in [3.63, 3.8) is 0 Å².